The molecule has 0 saturated carbocycles. The van der Waals surface area contributed by atoms with E-state index in [2.05, 4.69) is 20.7 Å². The van der Waals surface area contributed by atoms with Crippen molar-refractivity contribution in [1.82, 2.24) is 4.57 Å². The average molecular weight is 328 g/mol. The molecular formula is C12H10BrNO3S. The van der Waals surface area contributed by atoms with Crippen LogP contribution in [-0.4, -0.2) is 17.6 Å². The van der Waals surface area contributed by atoms with E-state index in [4.69, 9.17) is 0 Å². The normalized spacial score (nSPS) is 10.3. The zero-order valence-electron chi connectivity index (χ0n) is 9.55. The summed E-state index contributed by atoms with van der Waals surface area (Å²) in [6, 6.07) is 6.73. The zero-order valence-corrected chi connectivity index (χ0v) is 12.0. The van der Waals surface area contributed by atoms with E-state index in [0.29, 0.717) is 11.4 Å². The molecule has 2 aromatic heterocycles. The minimum absolute atomic E-state index is 0.0776. The van der Waals surface area contributed by atoms with Crippen LogP contribution < -0.4 is 5.56 Å². The van der Waals surface area contributed by atoms with Crippen LogP contribution in [0.5, 0.6) is 0 Å². The maximum absolute atomic E-state index is 11.6. The van der Waals surface area contributed by atoms with Gasteiger partial charge in [0.2, 0.25) is 0 Å². The van der Waals surface area contributed by atoms with Gasteiger partial charge in [-0.05, 0) is 34.1 Å². The topological polar surface area (TPSA) is 48.3 Å². The van der Waals surface area contributed by atoms with Crippen molar-refractivity contribution >= 4 is 33.2 Å². The van der Waals surface area contributed by atoms with E-state index >= 15 is 0 Å². The Kier molecular flexibility index (Phi) is 3.98. The number of thiophene rings is 1. The number of esters is 1. The van der Waals surface area contributed by atoms with Gasteiger partial charge in [-0.1, -0.05) is 0 Å². The number of hydrogen-bond donors (Lipinski definition) is 0. The third-order valence-electron chi connectivity index (χ3n) is 2.32. The third kappa shape index (κ3) is 2.88. The summed E-state index contributed by atoms with van der Waals surface area (Å²) in [5.74, 6) is -0.354. The summed E-state index contributed by atoms with van der Waals surface area (Å²) in [7, 11) is 1.35. The van der Waals surface area contributed by atoms with Gasteiger partial charge >= 0.3 is 5.97 Å². The van der Waals surface area contributed by atoms with Crippen LogP contribution in [0.3, 0.4) is 0 Å². The number of rotatable bonds is 3. The van der Waals surface area contributed by atoms with Gasteiger partial charge in [0.25, 0.3) is 5.56 Å². The van der Waals surface area contributed by atoms with E-state index in [1.165, 1.54) is 24.5 Å². The molecule has 18 heavy (non-hydrogen) atoms. The molecule has 0 atom stereocenters. The molecule has 0 aliphatic heterocycles. The second kappa shape index (κ2) is 5.49. The second-order valence-corrected chi connectivity index (χ2v) is 5.66. The van der Waals surface area contributed by atoms with Gasteiger partial charge in [0.15, 0.2) is 0 Å². The molecule has 6 heteroatoms. The zero-order chi connectivity index (χ0) is 13.1. The number of carbonyl (C=O) groups is 1. The number of nitrogens with zero attached hydrogens (tertiary/aromatic N) is 1. The summed E-state index contributed by atoms with van der Waals surface area (Å²) in [4.78, 5) is 24.4. The van der Waals surface area contributed by atoms with Crippen molar-refractivity contribution in [2.45, 2.75) is 6.54 Å². The van der Waals surface area contributed by atoms with Gasteiger partial charge in [-0.25, -0.2) is 4.79 Å². The fourth-order valence-electron chi connectivity index (χ4n) is 1.47. The Morgan fingerprint density at radius 3 is 2.89 bits per heavy atom. The number of ether oxygens (including phenoxy) is 1. The predicted octanol–water partition coefficient (Wildman–Crippen LogP) is 2.51. The Labute approximate surface area is 116 Å². The van der Waals surface area contributed by atoms with E-state index in [-0.39, 0.29) is 11.5 Å². The molecule has 0 saturated heterocycles. The van der Waals surface area contributed by atoms with Crippen molar-refractivity contribution in [3.05, 3.63) is 55.0 Å². The first-order chi connectivity index (χ1) is 8.60. The molecule has 2 heterocycles. The molecule has 0 aliphatic carbocycles. The molecule has 0 N–H and O–H groups in total. The Morgan fingerprint density at radius 1 is 1.39 bits per heavy atom. The van der Waals surface area contributed by atoms with Crippen molar-refractivity contribution in [2.24, 2.45) is 0 Å². The highest BCUT2D eigenvalue weighted by Gasteiger charge is 2.09. The summed E-state index contributed by atoms with van der Waals surface area (Å²) in [5, 5.41) is 0. The number of pyridine rings is 1. The van der Waals surface area contributed by atoms with Gasteiger partial charge in [0.05, 0.1) is 13.7 Å². The third-order valence-corrected chi connectivity index (χ3v) is 3.84. The van der Waals surface area contributed by atoms with Crippen molar-refractivity contribution < 1.29 is 9.53 Å². The van der Waals surface area contributed by atoms with E-state index in [1.54, 1.807) is 22.9 Å². The molecule has 4 nitrogen and oxygen atoms in total. The van der Waals surface area contributed by atoms with Gasteiger partial charge in [-0.3, -0.25) is 4.79 Å². The van der Waals surface area contributed by atoms with Crippen LogP contribution in [-0.2, 0) is 11.3 Å². The minimum Gasteiger partial charge on any atom is -0.465 e. The average Bonchev–Trinajstić information content (AvgIpc) is 2.81. The lowest BCUT2D eigenvalue weighted by Crippen LogP contribution is -2.18. The molecule has 94 valence electrons. The molecule has 2 rings (SSSR count). The molecule has 0 unspecified atom stereocenters. The van der Waals surface area contributed by atoms with Crippen molar-refractivity contribution in [3.8, 4) is 0 Å². The van der Waals surface area contributed by atoms with Crippen LogP contribution >= 0.6 is 27.3 Å². The number of methoxy groups -OCH3 is 1. The monoisotopic (exact) mass is 327 g/mol. The van der Waals surface area contributed by atoms with Crippen LogP contribution in [0.1, 0.15) is 14.5 Å². The van der Waals surface area contributed by atoms with Gasteiger partial charge in [-0.15, -0.1) is 11.3 Å². The Hall–Kier alpha value is -1.40. The number of carbonyl (C=O) groups excluding carboxylic acids is 1. The molecule has 0 bridgehead atoms. The van der Waals surface area contributed by atoms with Gasteiger partial charge in [-0.2, -0.15) is 0 Å². The van der Waals surface area contributed by atoms with Crippen molar-refractivity contribution in [3.63, 3.8) is 0 Å². The molecular weight excluding hydrogens is 318 g/mol. The quantitative estimate of drug-likeness (QED) is 0.814. The minimum atomic E-state index is -0.354. The summed E-state index contributed by atoms with van der Waals surface area (Å²) < 4.78 is 7.06. The van der Waals surface area contributed by atoms with E-state index in [1.807, 2.05) is 6.07 Å². The smallest absolute Gasteiger partial charge is 0.348 e. The summed E-state index contributed by atoms with van der Waals surface area (Å²) >= 11 is 4.64. The maximum Gasteiger partial charge on any atom is 0.348 e. The standard InChI is InChI=1S/C12H10BrNO3S/c1-17-12(16)10-4-3-9(18-10)7-14-6-8(13)2-5-11(14)15/h2-6H,7H2,1H3. The molecule has 0 aliphatic rings. The Morgan fingerprint density at radius 2 is 2.17 bits per heavy atom. The van der Waals surface area contributed by atoms with E-state index in [9.17, 15) is 9.59 Å². The summed E-state index contributed by atoms with van der Waals surface area (Å²) in [5.41, 5.74) is -0.0776. The first-order valence-electron chi connectivity index (χ1n) is 5.13. The van der Waals surface area contributed by atoms with Gasteiger partial charge in [0.1, 0.15) is 4.88 Å². The fraction of sp³-hybridized carbons (Fsp3) is 0.167. The highest BCUT2D eigenvalue weighted by Crippen LogP contribution is 2.18. The molecule has 0 amide bonds. The van der Waals surface area contributed by atoms with Crippen LogP contribution in [0, 0.1) is 0 Å². The van der Waals surface area contributed by atoms with Crippen LogP contribution in [0.2, 0.25) is 0 Å². The lowest BCUT2D eigenvalue weighted by Gasteiger charge is -2.03. The molecule has 0 radical (unpaired) electrons. The number of hydrogen-bond acceptors (Lipinski definition) is 4. The lowest BCUT2D eigenvalue weighted by atomic mass is 10.4. The predicted molar refractivity (Wildman–Crippen MR) is 73.2 cm³/mol. The summed E-state index contributed by atoms with van der Waals surface area (Å²) in [6.45, 7) is 0.444. The molecule has 0 fully saturated rings. The van der Waals surface area contributed by atoms with Crippen LogP contribution in [0.25, 0.3) is 0 Å². The first-order valence-corrected chi connectivity index (χ1v) is 6.74. The highest BCUT2D eigenvalue weighted by atomic mass is 79.9. The van der Waals surface area contributed by atoms with Gasteiger partial charge in [0, 0.05) is 21.6 Å². The SMILES string of the molecule is COC(=O)c1ccc(Cn2cc(Br)ccc2=O)s1. The largest absolute Gasteiger partial charge is 0.465 e. The van der Waals surface area contributed by atoms with Crippen molar-refractivity contribution in [1.29, 1.82) is 0 Å². The van der Waals surface area contributed by atoms with Crippen LogP contribution in [0.15, 0.2) is 39.7 Å². The second-order valence-electron chi connectivity index (χ2n) is 3.57. The number of aromatic nitrogens is 1. The van der Waals surface area contributed by atoms with Crippen LogP contribution in [0.4, 0.5) is 0 Å². The van der Waals surface area contributed by atoms with E-state index in [0.717, 1.165) is 9.35 Å². The molecule has 2 aromatic rings. The highest BCUT2D eigenvalue weighted by molar-refractivity contribution is 9.10. The summed E-state index contributed by atoms with van der Waals surface area (Å²) in [6.07, 6.45) is 1.72. The maximum atomic E-state index is 11.6. The molecule has 0 spiro atoms. The Balaban J connectivity index is 2.24. The fourth-order valence-corrected chi connectivity index (χ4v) is 2.77. The van der Waals surface area contributed by atoms with Crippen molar-refractivity contribution in [2.75, 3.05) is 7.11 Å². The lowest BCUT2D eigenvalue weighted by molar-refractivity contribution is 0.0606. The number of halogens is 1. The molecule has 0 aromatic carbocycles. The van der Waals surface area contributed by atoms with Gasteiger partial charge < -0.3 is 9.30 Å². The Bertz CT molecular complexity index is 632. The van der Waals surface area contributed by atoms with E-state index < -0.39 is 0 Å². The first kappa shape index (κ1) is 13.0.